The summed E-state index contributed by atoms with van der Waals surface area (Å²) in [6.07, 6.45) is 2.57. The lowest BCUT2D eigenvalue weighted by atomic mass is 9.76. The predicted molar refractivity (Wildman–Crippen MR) is 97.0 cm³/mol. The Bertz CT molecular complexity index is 557. The van der Waals surface area contributed by atoms with Crippen LogP contribution in [0.5, 0.6) is 0 Å². The van der Waals surface area contributed by atoms with Gasteiger partial charge in [-0.2, -0.15) is 0 Å². The van der Waals surface area contributed by atoms with Gasteiger partial charge in [0.25, 0.3) is 0 Å². The minimum atomic E-state index is -0.0307. The number of nitrogens with zero attached hydrogens (tertiary/aromatic N) is 2. The molecular weight excluding hydrogens is 316 g/mol. The van der Waals surface area contributed by atoms with Crippen LogP contribution in [0.25, 0.3) is 0 Å². The van der Waals surface area contributed by atoms with Crippen LogP contribution in [0.4, 0.5) is 0 Å². The Labute approximate surface area is 150 Å². The largest absolute Gasteiger partial charge is 0.396 e. The summed E-state index contributed by atoms with van der Waals surface area (Å²) < 4.78 is 5.71. The summed E-state index contributed by atoms with van der Waals surface area (Å²) >= 11 is 0. The molecule has 2 aliphatic heterocycles. The van der Waals surface area contributed by atoms with E-state index >= 15 is 0 Å². The van der Waals surface area contributed by atoms with Gasteiger partial charge in [0.2, 0.25) is 5.91 Å². The third kappa shape index (κ3) is 4.22. The molecule has 2 aliphatic rings. The number of rotatable bonds is 7. The van der Waals surface area contributed by atoms with Gasteiger partial charge in [0.1, 0.15) is 0 Å². The second-order valence-electron chi connectivity index (χ2n) is 7.56. The Morgan fingerprint density at radius 2 is 2.16 bits per heavy atom. The maximum atomic E-state index is 13.1. The van der Waals surface area contributed by atoms with Gasteiger partial charge in [-0.25, -0.2) is 0 Å². The van der Waals surface area contributed by atoms with E-state index in [0.717, 1.165) is 45.5 Å². The highest BCUT2D eigenvalue weighted by Crippen LogP contribution is 2.44. The maximum absolute atomic E-state index is 13.1. The van der Waals surface area contributed by atoms with Gasteiger partial charge in [0.05, 0.1) is 12.5 Å². The summed E-state index contributed by atoms with van der Waals surface area (Å²) in [7, 11) is 1.89. The molecule has 2 unspecified atom stereocenters. The molecule has 0 aromatic heterocycles. The van der Waals surface area contributed by atoms with Crippen molar-refractivity contribution in [3.8, 4) is 0 Å². The van der Waals surface area contributed by atoms with E-state index in [9.17, 15) is 4.79 Å². The summed E-state index contributed by atoms with van der Waals surface area (Å²) in [6, 6.07) is 10.5. The number of carbonyl (C=O) groups excluding carboxylic acids is 1. The number of hydrogen-bond donors (Lipinski definition) is 1. The lowest BCUT2D eigenvalue weighted by Crippen LogP contribution is -2.43. The van der Waals surface area contributed by atoms with E-state index < -0.39 is 0 Å². The van der Waals surface area contributed by atoms with Crippen molar-refractivity contribution in [2.24, 2.45) is 11.3 Å². The second kappa shape index (κ2) is 8.30. The molecule has 25 heavy (non-hydrogen) atoms. The molecule has 2 saturated heterocycles. The summed E-state index contributed by atoms with van der Waals surface area (Å²) in [6.45, 7) is 4.99. The molecule has 1 aromatic carbocycles. The zero-order chi connectivity index (χ0) is 17.7. The van der Waals surface area contributed by atoms with Gasteiger partial charge in [-0.1, -0.05) is 30.3 Å². The second-order valence-corrected chi connectivity index (χ2v) is 7.56. The average molecular weight is 346 g/mol. The molecule has 0 bridgehead atoms. The first-order valence-corrected chi connectivity index (χ1v) is 9.34. The molecular formula is C20H30N2O3. The highest BCUT2D eigenvalue weighted by molar-refractivity contribution is 5.80. The first-order valence-electron chi connectivity index (χ1n) is 9.34. The van der Waals surface area contributed by atoms with Gasteiger partial charge in [-0.15, -0.1) is 0 Å². The molecule has 1 N–H and O–H groups in total. The third-order valence-corrected chi connectivity index (χ3v) is 5.68. The summed E-state index contributed by atoms with van der Waals surface area (Å²) in [5.74, 6) is 0.247. The molecule has 2 fully saturated rings. The number of hydrogen-bond acceptors (Lipinski definition) is 4. The van der Waals surface area contributed by atoms with Gasteiger partial charge < -0.3 is 14.7 Å². The molecule has 0 aliphatic carbocycles. The van der Waals surface area contributed by atoms with Crippen LogP contribution in [0.2, 0.25) is 0 Å². The first kappa shape index (κ1) is 18.4. The zero-order valence-corrected chi connectivity index (χ0v) is 15.2. The number of unbranched alkanes of at least 4 members (excludes halogenated alkanes) is 1. The van der Waals surface area contributed by atoms with Gasteiger partial charge >= 0.3 is 0 Å². The fourth-order valence-corrected chi connectivity index (χ4v) is 4.23. The van der Waals surface area contributed by atoms with E-state index in [0.29, 0.717) is 13.2 Å². The van der Waals surface area contributed by atoms with E-state index in [1.807, 2.05) is 18.0 Å². The minimum absolute atomic E-state index is 0.0119. The molecule has 0 saturated carbocycles. The number of carbonyl (C=O) groups is 1. The predicted octanol–water partition coefficient (Wildman–Crippen LogP) is 1.76. The van der Waals surface area contributed by atoms with E-state index in [1.54, 1.807) is 0 Å². The molecule has 1 spiro atoms. The van der Waals surface area contributed by atoms with Crippen LogP contribution in [-0.4, -0.2) is 67.3 Å². The molecule has 2 heterocycles. The van der Waals surface area contributed by atoms with Crippen LogP contribution in [0, 0.1) is 11.3 Å². The lowest BCUT2D eigenvalue weighted by Gasteiger charge is -2.30. The minimum Gasteiger partial charge on any atom is -0.396 e. The molecule has 1 amide bonds. The monoisotopic (exact) mass is 346 g/mol. The Kier molecular flexibility index (Phi) is 6.10. The van der Waals surface area contributed by atoms with E-state index in [4.69, 9.17) is 9.84 Å². The number of likely N-dealkylation sites (tertiary alicyclic amines) is 1. The third-order valence-electron chi connectivity index (χ3n) is 5.68. The van der Waals surface area contributed by atoms with Gasteiger partial charge in [-0.05, 0) is 24.8 Å². The summed E-state index contributed by atoms with van der Waals surface area (Å²) in [5.41, 5.74) is 1.26. The SMILES string of the molecule is CN(CCCCO)C(=O)C1CN(Cc2ccccc2)CC12CCOC2. The van der Waals surface area contributed by atoms with Crippen LogP contribution in [-0.2, 0) is 16.1 Å². The fraction of sp³-hybridized carbons (Fsp3) is 0.650. The topological polar surface area (TPSA) is 53.0 Å². The van der Waals surface area contributed by atoms with Crippen molar-refractivity contribution < 1.29 is 14.6 Å². The molecule has 0 radical (unpaired) electrons. The number of benzene rings is 1. The molecule has 1 aromatic rings. The highest BCUT2D eigenvalue weighted by Gasteiger charge is 2.52. The van der Waals surface area contributed by atoms with Crippen LogP contribution < -0.4 is 0 Å². The number of ether oxygens (including phenoxy) is 1. The zero-order valence-electron chi connectivity index (χ0n) is 15.2. The Morgan fingerprint density at radius 3 is 2.84 bits per heavy atom. The van der Waals surface area contributed by atoms with Crippen molar-refractivity contribution in [2.75, 3.05) is 46.5 Å². The summed E-state index contributed by atoms with van der Waals surface area (Å²) in [5, 5.41) is 8.94. The van der Waals surface area contributed by atoms with Crippen molar-refractivity contribution in [1.82, 2.24) is 9.80 Å². The van der Waals surface area contributed by atoms with Gasteiger partial charge in [0.15, 0.2) is 0 Å². The van der Waals surface area contributed by atoms with Crippen molar-refractivity contribution in [3.63, 3.8) is 0 Å². The van der Waals surface area contributed by atoms with E-state index in [2.05, 4.69) is 29.2 Å². The summed E-state index contributed by atoms with van der Waals surface area (Å²) in [4.78, 5) is 17.3. The van der Waals surface area contributed by atoms with Crippen molar-refractivity contribution in [1.29, 1.82) is 0 Å². The van der Waals surface area contributed by atoms with E-state index in [1.165, 1.54) is 5.56 Å². The fourth-order valence-electron chi connectivity index (χ4n) is 4.23. The Balaban J connectivity index is 1.67. The van der Waals surface area contributed by atoms with Gasteiger partial charge in [0, 0.05) is 51.9 Å². The molecule has 5 nitrogen and oxygen atoms in total. The maximum Gasteiger partial charge on any atom is 0.227 e. The number of aliphatic hydroxyl groups excluding tert-OH is 1. The normalized spacial score (nSPS) is 26.4. The molecule has 5 heteroatoms. The number of aliphatic hydroxyl groups is 1. The van der Waals surface area contributed by atoms with Crippen LogP contribution in [0.1, 0.15) is 24.8 Å². The highest BCUT2D eigenvalue weighted by atomic mass is 16.5. The van der Waals surface area contributed by atoms with Crippen LogP contribution in [0.15, 0.2) is 30.3 Å². The standard InChI is InChI=1S/C20H30N2O3/c1-21(10-5-6-11-23)19(24)18-14-22(13-17-7-3-2-4-8-17)15-20(18)9-12-25-16-20/h2-4,7-8,18,23H,5-6,9-16H2,1H3. The van der Waals surface area contributed by atoms with Gasteiger partial charge in [-0.3, -0.25) is 9.69 Å². The number of amides is 1. The Morgan fingerprint density at radius 1 is 1.36 bits per heavy atom. The quantitative estimate of drug-likeness (QED) is 0.765. The van der Waals surface area contributed by atoms with Crippen molar-refractivity contribution in [3.05, 3.63) is 35.9 Å². The lowest BCUT2D eigenvalue weighted by molar-refractivity contribution is -0.137. The molecule has 3 rings (SSSR count). The smallest absolute Gasteiger partial charge is 0.227 e. The molecule has 138 valence electrons. The Hall–Kier alpha value is -1.43. The molecule has 2 atom stereocenters. The van der Waals surface area contributed by atoms with Crippen LogP contribution >= 0.6 is 0 Å². The van der Waals surface area contributed by atoms with E-state index in [-0.39, 0.29) is 23.8 Å². The van der Waals surface area contributed by atoms with Crippen molar-refractivity contribution >= 4 is 5.91 Å². The van der Waals surface area contributed by atoms with Crippen molar-refractivity contribution in [2.45, 2.75) is 25.8 Å². The first-order chi connectivity index (χ1) is 12.1. The van der Waals surface area contributed by atoms with Crippen LogP contribution in [0.3, 0.4) is 0 Å². The average Bonchev–Trinajstić information content (AvgIpc) is 3.23.